The first-order chi connectivity index (χ1) is 7.24. The van der Waals surface area contributed by atoms with Gasteiger partial charge in [0.05, 0.1) is 12.2 Å². The molecular formula is C13H18N2. The van der Waals surface area contributed by atoms with Gasteiger partial charge in [-0.15, -0.1) is 0 Å². The second kappa shape index (κ2) is 8.75. The predicted octanol–water partition coefficient (Wildman–Crippen LogP) is 2.99. The molecule has 0 aromatic heterocycles. The smallest absolute Gasteiger partial charge is 0.0567 e. The van der Waals surface area contributed by atoms with E-state index in [9.17, 15) is 0 Å². The topological polar surface area (TPSA) is 24.4 Å². The van der Waals surface area contributed by atoms with Gasteiger partial charge in [-0.2, -0.15) is 0 Å². The van der Waals surface area contributed by atoms with E-state index in [1.54, 1.807) is 18.4 Å². The van der Waals surface area contributed by atoms with Gasteiger partial charge in [0.2, 0.25) is 0 Å². The molecule has 2 nitrogen and oxygen atoms in total. The van der Waals surface area contributed by atoms with Crippen LogP contribution in [0.2, 0.25) is 0 Å². The van der Waals surface area contributed by atoms with Crippen LogP contribution in [-0.2, 0) is 0 Å². The molecule has 0 rings (SSSR count). The average molecular weight is 202 g/mol. The second-order valence-electron chi connectivity index (χ2n) is 2.77. The molecule has 0 fully saturated rings. The van der Waals surface area contributed by atoms with Crippen molar-refractivity contribution in [1.82, 2.24) is 5.32 Å². The van der Waals surface area contributed by atoms with Crippen molar-refractivity contribution >= 4 is 6.21 Å². The third-order valence-electron chi connectivity index (χ3n) is 1.58. The van der Waals surface area contributed by atoms with Crippen LogP contribution >= 0.6 is 0 Å². The standard InChI is InChI=1S/C13H18N2/c1-5-8-9-13(7-3)15-11-12(4)14-10-6-2/h5-10,15H,1-2,4,11H2,3H3/b9-8-,13-7+,14-10?. The molecule has 0 aliphatic heterocycles. The van der Waals surface area contributed by atoms with Crippen LogP contribution in [0.15, 0.2) is 66.5 Å². The first kappa shape index (κ1) is 13.2. The molecule has 0 saturated carbocycles. The van der Waals surface area contributed by atoms with E-state index in [1.165, 1.54) is 0 Å². The first-order valence-corrected chi connectivity index (χ1v) is 4.76. The van der Waals surface area contributed by atoms with Crippen LogP contribution in [-0.4, -0.2) is 12.8 Å². The third kappa shape index (κ3) is 7.26. The summed E-state index contributed by atoms with van der Waals surface area (Å²) in [6, 6.07) is 0. The number of hydrogen-bond donors (Lipinski definition) is 1. The van der Waals surface area contributed by atoms with Gasteiger partial charge >= 0.3 is 0 Å². The molecule has 0 aliphatic rings. The molecule has 15 heavy (non-hydrogen) atoms. The Morgan fingerprint density at radius 1 is 1.33 bits per heavy atom. The molecule has 0 atom stereocenters. The lowest BCUT2D eigenvalue weighted by Gasteiger charge is -2.05. The van der Waals surface area contributed by atoms with Gasteiger partial charge in [-0.1, -0.05) is 44.0 Å². The van der Waals surface area contributed by atoms with E-state index in [-0.39, 0.29) is 0 Å². The Labute approximate surface area is 92.1 Å². The van der Waals surface area contributed by atoms with Gasteiger partial charge in [-0.3, -0.25) is 4.99 Å². The molecule has 2 heteroatoms. The van der Waals surface area contributed by atoms with E-state index < -0.39 is 0 Å². The van der Waals surface area contributed by atoms with Gasteiger partial charge in [0.1, 0.15) is 0 Å². The van der Waals surface area contributed by atoms with Gasteiger partial charge in [0.15, 0.2) is 0 Å². The minimum atomic E-state index is 0.617. The lowest BCUT2D eigenvalue weighted by Crippen LogP contribution is -2.14. The fourth-order valence-corrected chi connectivity index (χ4v) is 0.837. The lowest BCUT2D eigenvalue weighted by molar-refractivity contribution is 0.887. The third-order valence-corrected chi connectivity index (χ3v) is 1.58. The Kier molecular flexibility index (Phi) is 7.69. The van der Waals surface area contributed by atoms with E-state index in [4.69, 9.17) is 0 Å². The van der Waals surface area contributed by atoms with Crippen molar-refractivity contribution in [1.29, 1.82) is 0 Å². The lowest BCUT2D eigenvalue weighted by atomic mass is 10.3. The molecule has 0 aromatic rings. The Morgan fingerprint density at radius 3 is 2.60 bits per heavy atom. The van der Waals surface area contributed by atoms with Crippen molar-refractivity contribution in [2.45, 2.75) is 6.92 Å². The van der Waals surface area contributed by atoms with Crippen LogP contribution in [0.3, 0.4) is 0 Å². The largest absolute Gasteiger partial charge is 0.380 e. The quantitative estimate of drug-likeness (QED) is 0.498. The van der Waals surface area contributed by atoms with Crippen LogP contribution in [0.4, 0.5) is 0 Å². The molecule has 0 saturated heterocycles. The van der Waals surface area contributed by atoms with E-state index in [0.29, 0.717) is 6.54 Å². The highest BCUT2D eigenvalue weighted by atomic mass is 14.9. The summed E-state index contributed by atoms with van der Waals surface area (Å²) in [6.45, 7) is 13.5. The molecule has 0 bridgehead atoms. The molecule has 80 valence electrons. The van der Waals surface area contributed by atoms with Crippen molar-refractivity contribution in [3.05, 3.63) is 61.5 Å². The fourth-order valence-electron chi connectivity index (χ4n) is 0.837. The number of nitrogens with one attached hydrogen (secondary N) is 1. The summed E-state index contributed by atoms with van der Waals surface area (Å²) in [5.41, 5.74) is 1.78. The monoisotopic (exact) mass is 202 g/mol. The summed E-state index contributed by atoms with van der Waals surface area (Å²) in [5, 5.41) is 3.19. The maximum atomic E-state index is 4.06. The number of aliphatic imine (C=N–C) groups is 1. The number of nitrogens with zero attached hydrogens (tertiary/aromatic N) is 1. The van der Waals surface area contributed by atoms with Crippen molar-refractivity contribution in [2.75, 3.05) is 6.54 Å². The maximum Gasteiger partial charge on any atom is 0.0567 e. The zero-order valence-electron chi connectivity index (χ0n) is 9.24. The highest BCUT2D eigenvalue weighted by molar-refractivity contribution is 5.71. The predicted molar refractivity (Wildman–Crippen MR) is 68.9 cm³/mol. The maximum absolute atomic E-state index is 4.06. The van der Waals surface area contributed by atoms with Crippen LogP contribution < -0.4 is 5.32 Å². The van der Waals surface area contributed by atoms with Gasteiger partial charge in [0.25, 0.3) is 0 Å². The second-order valence-corrected chi connectivity index (χ2v) is 2.77. The molecular weight excluding hydrogens is 184 g/mol. The van der Waals surface area contributed by atoms with Crippen LogP contribution in [0.25, 0.3) is 0 Å². The number of rotatable bonds is 7. The van der Waals surface area contributed by atoms with Gasteiger partial charge in [-0.25, -0.2) is 0 Å². The van der Waals surface area contributed by atoms with Crippen molar-refractivity contribution in [3.63, 3.8) is 0 Å². The molecule has 0 heterocycles. The molecule has 0 spiro atoms. The average Bonchev–Trinajstić information content (AvgIpc) is 2.26. The summed E-state index contributed by atoms with van der Waals surface area (Å²) in [7, 11) is 0. The normalized spacial score (nSPS) is 11.9. The van der Waals surface area contributed by atoms with E-state index in [1.807, 2.05) is 25.2 Å². The summed E-state index contributed by atoms with van der Waals surface area (Å²) >= 11 is 0. The van der Waals surface area contributed by atoms with Crippen LogP contribution in [0, 0.1) is 0 Å². The zero-order chi connectivity index (χ0) is 11.5. The molecule has 0 radical (unpaired) electrons. The SMILES string of the molecule is C=CC=NC(=C)CNC(/C=C\C=C)=C/C. The van der Waals surface area contributed by atoms with Crippen LogP contribution in [0.1, 0.15) is 6.92 Å². The molecule has 0 aliphatic carbocycles. The summed E-state index contributed by atoms with van der Waals surface area (Å²) in [5.74, 6) is 0. The van der Waals surface area contributed by atoms with Crippen molar-refractivity contribution in [3.8, 4) is 0 Å². The zero-order valence-corrected chi connectivity index (χ0v) is 9.24. The minimum absolute atomic E-state index is 0.617. The molecule has 0 amide bonds. The van der Waals surface area contributed by atoms with Gasteiger partial charge in [0, 0.05) is 11.9 Å². The Morgan fingerprint density at radius 2 is 2.07 bits per heavy atom. The Bertz CT molecular complexity index is 306. The van der Waals surface area contributed by atoms with Crippen LogP contribution in [0.5, 0.6) is 0 Å². The fraction of sp³-hybridized carbons (Fsp3) is 0.154. The summed E-state index contributed by atoms with van der Waals surface area (Å²) in [6.07, 6.45) is 10.8. The summed E-state index contributed by atoms with van der Waals surface area (Å²) in [4.78, 5) is 4.06. The van der Waals surface area contributed by atoms with Gasteiger partial charge in [-0.05, 0) is 13.0 Å². The molecule has 0 unspecified atom stereocenters. The summed E-state index contributed by atoms with van der Waals surface area (Å²) < 4.78 is 0. The first-order valence-electron chi connectivity index (χ1n) is 4.76. The number of allylic oxidation sites excluding steroid dienone is 5. The van der Waals surface area contributed by atoms with Crippen molar-refractivity contribution in [2.24, 2.45) is 4.99 Å². The van der Waals surface area contributed by atoms with E-state index in [0.717, 1.165) is 11.4 Å². The Hall–Kier alpha value is -1.83. The van der Waals surface area contributed by atoms with E-state index in [2.05, 4.69) is 30.0 Å². The molecule has 1 N–H and O–H groups in total. The van der Waals surface area contributed by atoms with Crippen molar-refractivity contribution < 1.29 is 0 Å². The minimum Gasteiger partial charge on any atom is -0.380 e. The highest BCUT2D eigenvalue weighted by Gasteiger charge is 1.91. The van der Waals surface area contributed by atoms with Gasteiger partial charge < -0.3 is 5.32 Å². The highest BCUT2D eigenvalue weighted by Crippen LogP contribution is 1.95. The van der Waals surface area contributed by atoms with E-state index >= 15 is 0 Å². The number of hydrogen-bond acceptors (Lipinski definition) is 2. The molecule has 0 aromatic carbocycles. The Balaban J connectivity index is 4.07.